The van der Waals surface area contributed by atoms with Crippen molar-refractivity contribution >= 4 is 36.0 Å². The first kappa shape index (κ1) is 19.2. The van der Waals surface area contributed by atoms with Gasteiger partial charge >= 0.3 is 5.97 Å². The Bertz CT molecular complexity index is 802. The largest absolute Gasteiger partial charge is 0.480 e. The average Bonchev–Trinajstić information content (AvgIpc) is 2.90. The maximum Gasteiger partial charge on any atom is 0.327 e. The molecule has 144 valence electrons. The highest BCUT2D eigenvalue weighted by atomic mass is 32.2. The van der Waals surface area contributed by atoms with Gasteiger partial charge in [0.15, 0.2) is 0 Å². The summed E-state index contributed by atoms with van der Waals surface area (Å²) in [6.45, 7) is 3.40. The van der Waals surface area contributed by atoms with Gasteiger partial charge in [-0.15, -0.1) is 11.8 Å². The molecule has 2 heterocycles. The molecule has 2 aliphatic rings. The van der Waals surface area contributed by atoms with Crippen molar-refractivity contribution in [2.45, 2.75) is 41.7 Å². The molecule has 1 aromatic rings. The van der Waals surface area contributed by atoms with Crippen LogP contribution in [0.25, 0.3) is 0 Å². The fourth-order valence-electron chi connectivity index (χ4n) is 3.52. The molecule has 0 aromatic heterocycles. The number of nitrogens with one attached hydrogen (secondary N) is 2. The molecule has 0 saturated carbocycles. The number of benzene rings is 1. The molecule has 3 amide bonds. The summed E-state index contributed by atoms with van der Waals surface area (Å²) in [6.07, 6.45) is 0.311. The third kappa shape index (κ3) is 2.85. The highest BCUT2D eigenvalue weighted by Gasteiger charge is 2.72. The van der Waals surface area contributed by atoms with E-state index in [4.69, 9.17) is 5.73 Å². The standard InChI is InChI=1S/C17H20N4O5S/c1-16(2)11(13(24)25)21-14(26)17(19-8-22,15(21)27-16)20-12(23)10(18)9-6-4-3-5-7-9/h3-8,10-11,15H,18H2,1-2H3,(H,19,22)(H,20,23)(H,24,25)/t10?,11-,15+,17+/m0/s1. The molecule has 10 heteroatoms. The highest BCUT2D eigenvalue weighted by Crippen LogP contribution is 2.54. The van der Waals surface area contributed by atoms with E-state index < -0.39 is 45.7 Å². The van der Waals surface area contributed by atoms with Gasteiger partial charge < -0.3 is 26.4 Å². The number of aliphatic carboxylic acids is 1. The molecule has 2 saturated heterocycles. The fraction of sp³-hybridized carbons (Fsp3) is 0.412. The average molecular weight is 392 g/mol. The van der Waals surface area contributed by atoms with E-state index >= 15 is 0 Å². The molecule has 1 aromatic carbocycles. The zero-order valence-electron chi connectivity index (χ0n) is 14.7. The number of nitrogens with zero attached hydrogens (tertiary/aromatic N) is 1. The van der Waals surface area contributed by atoms with Crippen LogP contribution in [0.3, 0.4) is 0 Å². The van der Waals surface area contributed by atoms with Crippen LogP contribution in [0.2, 0.25) is 0 Å². The summed E-state index contributed by atoms with van der Waals surface area (Å²) in [7, 11) is 0. The Hall–Kier alpha value is -2.59. The molecule has 5 N–H and O–H groups in total. The second-order valence-corrected chi connectivity index (χ2v) is 8.71. The van der Waals surface area contributed by atoms with Crippen LogP contribution >= 0.6 is 11.8 Å². The Morgan fingerprint density at radius 2 is 1.96 bits per heavy atom. The van der Waals surface area contributed by atoms with Crippen LogP contribution in [0.4, 0.5) is 0 Å². The predicted octanol–water partition coefficient (Wildman–Crippen LogP) is -0.608. The van der Waals surface area contributed by atoms with Gasteiger partial charge in [0.1, 0.15) is 17.5 Å². The lowest BCUT2D eigenvalue weighted by molar-refractivity contribution is -0.172. The van der Waals surface area contributed by atoms with Crippen molar-refractivity contribution in [2.75, 3.05) is 0 Å². The van der Waals surface area contributed by atoms with E-state index in [2.05, 4.69) is 10.6 Å². The van der Waals surface area contributed by atoms with Gasteiger partial charge in [-0.25, -0.2) is 4.79 Å². The second kappa shape index (κ2) is 6.54. The van der Waals surface area contributed by atoms with Crippen LogP contribution in [0.15, 0.2) is 30.3 Å². The summed E-state index contributed by atoms with van der Waals surface area (Å²) in [5.74, 6) is -2.48. The smallest absolute Gasteiger partial charge is 0.327 e. The van der Waals surface area contributed by atoms with Crippen LogP contribution in [-0.2, 0) is 19.2 Å². The molecule has 9 nitrogen and oxygen atoms in total. The van der Waals surface area contributed by atoms with Crippen molar-refractivity contribution in [3.05, 3.63) is 35.9 Å². The van der Waals surface area contributed by atoms with Crippen LogP contribution in [0, 0.1) is 0 Å². The Morgan fingerprint density at radius 1 is 1.33 bits per heavy atom. The van der Waals surface area contributed by atoms with Gasteiger partial charge in [0.05, 0.1) is 0 Å². The maximum absolute atomic E-state index is 12.8. The fourth-order valence-corrected chi connectivity index (χ4v) is 5.17. The predicted molar refractivity (Wildman–Crippen MR) is 97.2 cm³/mol. The number of hydrogen-bond acceptors (Lipinski definition) is 6. The molecule has 3 rings (SSSR count). The van der Waals surface area contributed by atoms with Crippen molar-refractivity contribution in [3.63, 3.8) is 0 Å². The third-order valence-electron chi connectivity index (χ3n) is 4.83. The summed E-state index contributed by atoms with van der Waals surface area (Å²) >= 11 is 1.20. The zero-order chi connectivity index (χ0) is 20.0. The van der Waals surface area contributed by atoms with Crippen molar-refractivity contribution in [2.24, 2.45) is 5.73 Å². The van der Waals surface area contributed by atoms with Gasteiger partial charge in [-0.2, -0.15) is 0 Å². The van der Waals surface area contributed by atoms with E-state index in [0.717, 1.165) is 0 Å². The molecule has 0 radical (unpaired) electrons. The number of rotatable bonds is 6. The van der Waals surface area contributed by atoms with Gasteiger partial charge in [0.25, 0.3) is 5.91 Å². The molecule has 27 heavy (non-hydrogen) atoms. The molecule has 0 aliphatic carbocycles. The first-order valence-corrected chi connectivity index (χ1v) is 9.11. The number of carboxylic acids is 1. The topological polar surface area (TPSA) is 142 Å². The lowest BCUT2D eigenvalue weighted by Crippen LogP contribution is -2.85. The number of carboxylic acid groups (broad SMARTS) is 1. The Balaban J connectivity index is 1.88. The number of carbonyl (C=O) groups excluding carboxylic acids is 3. The normalized spacial score (nSPS) is 29.3. The minimum Gasteiger partial charge on any atom is -0.480 e. The number of thioether (sulfide) groups is 1. The molecule has 2 fully saturated rings. The van der Waals surface area contributed by atoms with Gasteiger partial charge in [-0.05, 0) is 19.4 Å². The highest BCUT2D eigenvalue weighted by molar-refractivity contribution is 8.01. The molecular formula is C17H20N4O5S. The molecule has 1 unspecified atom stereocenters. The minimum absolute atomic E-state index is 0.311. The van der Waals surface area contributed by atoms with Crippen LogP contribution < -0.4 is 16.4 Å². The van der Waals surface area contributed by atoms with Crippen LogP contribution in [0.1, 0.15) is 25.5 Å². The van der Waals surface area contributed by atoms with E-state index in [0.29, 0.717) is 12.0 Å². The minimum atomic E-state index is -1.72. The number of amides is 3. The van der Waals surface area contributed by atoms with Crippen molar-refractivity contribution < 1.29 is 24.3 Å². The van der Waals surface area contributed by atoms with Crippen LogP contribution in [0.5, 0.6) is 0 Å². The van der Waals surface area contributed by atoms with Gasteiger partial charge in [-0.1, -0.05) is 30.3 Å². The summed E-state index contributed by atoms with van der Waals surface area (Å²) in [5.41, 5.74) is 4.80. The third-order valence-corrected chi connectivity index (χ3v) is 6.46. The summed E-state index contributed by atoms with van der Waals surface area (Å²) in [6, 6.07) is 6.46. The summed E-state index contributed by atoms with van der Waals surface area (Å²) in [4.78, 5) is 49.4. The van der Waals surface area contributed by atoms with E-state index in [1.54, 1.807) is 44.2 Å². The number of hydrogen-bond donors (Lipinski definition) is 4. The van der Waals surface area contributed by atoms with Crippen molar-refractivity contribution in [1.82, 2.24) is 15.5 Å². The number of carbonyl (C=O) groups is 4. The Labute approximate surface area is 159 Å². The quantitative estimate of drug-likeness (QED) is 0.287. The van der Waals surface area contributed by atoms with Gasteiger partial charge in [0, 0.05) is 4.75 Å². The number of β-lactam (4-membered cyclic amide) rings is 1. The van der Waals surface area contributed by atoms with Crippen molar-refractivity contribution in [1.29, 1.82) is 0 Å². The second-order valence-electron chi connectivity index (χ2n) is 6.97. The summed E-state index contributed by atoms with van der Waals surface area (Å²) in [5, 5.41) is 13.7. The van der Waals surface area contributed by atoms with E-state index in [1.165, 1.54) is 16.7 Å². The SMILES string of the molecule is CC1(C)S[C@H]2N(C(=O)[C@@]2(NC=O)NC(=O)C(N)c2ccccc2)[C@H]1C(=O)O. The maximum atomic E-state index is 12.8. The van der Waals surface area contributed by atoms with Gasteiger partial charge in [-0.3, -0.25) is 14.4 Å². The molecule has 2 aliphatic heterocycles. The van der Waals surface area contributed by atoms with Crippen LogP contribution in [-0.4, -0.2) is 56.0 Å². The van der Waals surface area contributed by atoms with E-state index in [1.807, 2.05) is 0 Å². The first-order chi connectivity index (χ1) is 12.7. The zero-order valence-corrected chi connectivity index (χ0v) is 15.5. The molecule has 0 bridgehead atoms. The first-order valence-electron chi connectivity index (χ1n) is 8.23. The number of fused-ring (bicyclic) bond motifs is 1. The number of nitrogens with two attached hydrogens (primary N) is 1. The molecule has 4 atom stereocenters. The van der Waals surface area contributed by atoms with Gasteiger partial charge in [0.2, 0.25) is 18.0 Å². The molecule has 0 spiro atoms. The molecular weight excluding hydrogens is 372 g/mol. The monoisotopic (exact) mass is 392 g/mol. The Morgan fingerprint density at radius 3 is 2.52 bits per heavy atom. The van der Waals surface area contributed by atoms with E-state index in [-0.39, 0.29) is 0 Å². The van der Waals surface area contributed by atoms with Crippen molar-refractivity contribution in [3.8, 4) is 0 Å². The Kier molecular flexibility index (Phi) is 4.64. The lowest BCUT2D eigenvalue weighted by Gasteiger charge is -2.52. The summed E-state index contributed by atoms with van der Waals surface area (Å²) < 4.78 is -0.801. The lowest BCUT2D eigenvalue weighted by atomic mass is 9.91. The van der Waals surface area contributed by atoms with E-state index in [9.17, 15) is 24.3 Å².